The highest BCUT2D eigenvalue weighted by atomic mass is 16.6. The molecule has 9 atom stereocenters. The molecule has 0 aromatic heterocycles. The van der Waals surface area contributed by atoms with Gasteiger partial charge in [0.25, 0.3) is 5.91 Å². The highest BCUT2D eigenvalue weighted by molar-refractivity contribution is 5.97. The molecule has 0 saturated carbocycles. The fourth-order valence-corrected chi connectivity index (χ4v) is 12.9. The SMILES string of the molecule is C[C@@H](C(=O)N[C@H](C(=O)N1Cc2cc(CCc3ccc(C(=O)NC4C[C@@H](C(=O)N[C@@H]5CCCc6ccccc65)N(C(=O)[C@@H](NC(=O)[C@H](C)N(C)C(=O)OC(C)(C)C)C(C)(C)C)C4)cc3)ccc2C[C@H]1C(=O)NC1CCCc2ccccc21)C(C)(C)C)N(C)C(=O)OC(C)(C)C. The Hall–Kier alpha value is -8.29. The van der Waals surface area contributed by atoms with Crippen molar-refractivity contribution in [2.24, 2.45) is 10.8 Å². The molecule has 20 nitrogen and oxygen atoms in total. The predicted octanol–water partition coefficient (Wildman–Crippen LogP) is 9.38. The van der Waals surface area contributed by atoms with E-state index in [0.29, 0.717) is 18.4 Å². The van der Waals surface area contributed by atoms with E-state index in [9.17, 15) is 33.6 Å². The summed E-state index contributed by atoms with van der Waals surface area (Å²) in [6, 6.07) is 22.4. The Labute approximate surface area is 555 Å². The molecule has 2 unspecified atom stereocenters. The lowest BCUT2D eigenvalue weighted by atomic mass is 9.83. The molecule has 1 fully saturated rings. The van der Waals surface area contributed by atoms with Crippen LogP contribution >= 0.6 is 0 Å². The Morgan fingerprint density at radius 1 is 0.532 bits per heavy atom. The molecule has 2 aliphatic heterocycles. The second-order valence-electron chi connectivity index (χ2n) is 30.4. The number of ether oxygens (including phenoxy) is 2. The van der Waals surface area contributed by atoms with E-state index in [1.165, 1.54) is 34.4 Å². The van der Waals surface area contributed by atoms with Gasteiger partial charge in [0.05, 0.1) is 12.1 Å². The third-order valence-corrected chi connectivity index (χ3v) is 18.6. The quantitative estimate of drug-likeness (QED) is 0.0667. The average Bonchev–Trinajstić information content (AvgIpc) is 1.02. The van der Waals surface area contributed by atoms with Gasteiger partial charge in [0.1, 0.15) is 47.5 Å². The zero-order valence-electron chi connectivity index (χ0n) is 58.1. The van der Waals surface area contributed by atoms with Gasteiger partial charge in [-0.15, -0.1) is 0 Å². The number of rotatable bonds is 17. The molecule has 2 heterocycles. The Kier molecular flexibility index (Phi) is 22.2. The molecule has 0 spiro atoms. The number of hydrogen-bond donors (Lipinski definition) is 5. The first-order valence-corrected chi connectivity index (χ1v) is 33.4. The maximum Gasteiger partial charge on any atom is 0.410 e. The van der Waals surface area contributed by atoms with Crippen LogP contribution in [0.1, 0.15) is 196 Å². The van der Waals surface area contributed by atoms with Crippen molar-refractivity contribution in [1.29, 1.82) is 0 Å². The molecule has 94 heavy (non-hydrogen) atoms. The molecule has 5 N–H and O–H groups in total. The normalized spacial score (nSPS) is 20.1. The van der Waals surface area contributed by atoms with Crippen molar-refractivity contribution in [1.82, 2.24) is 46.2 Å². The van der Waals surface area contributed by atoms with Crippen LogP contribution in [-0.2, 0) is 76.9 Å². The van der Waals surface area contributed by atoms with Gasteiger partial charge in [-0.3, -0.25) is 43.4 Å². The highest BCUT2D eigenvalue weighted by Gasteiger charge is 2.48. The van der Waals surface area contributed by atoms with Gasteiger partial charge in [0, 0.05) is 45.2 Å². The number of aryl methyl sites for hydroxylation is 4. The van der Waals surface area contributed by atoms with Gasteiger partial charge in [0.2, 0.25) is 35.4 Å². The van der Waals surface area contributed by atoms with Gasteiger partial charge >= 0.3 is 12.2 Å². The number of fused-ring (bicyclic) bond motifs is 3. The number of carbonyl (C=O) groups excluding carboxylic acids is 9. The summed E-state index contributed by atoms with van der Waals surface area (Å²) in [6.07, 6.45) is 5.27. The van der Waals surface area contributed by atoms with E-state index in [-0.39, 0.29) is 55.7 Å². The van der Waals surface area contributed by atoms with Crippen LogP contribution in [0.5, 0.6) is 0 Å². The summed E-state index contributed by atoms with van der Waals surface area (Å²) in [5.41, 5.74) is 5.34. The lowest BCUT2D eigenvalue weighted by Gasteiger charge is -2.42. The summed E-state index contributed by atoms with van der Waals surface area (Å²) in [4.78, 5) is 133. The van der Waals surface area contributed by atoms with Crippen LogP contribution in [0.15, 0.2) is 91.0 Å². The van der Waals surface area contributed by atoms with Gasteiger partial charge < -0.3 is 45.9 Å². The van der Waals surface area contributed by atoms with E-state index in [1.807, 2.05) is 102 Å². The number of nitrogens with one attached hydrogen (secondary N) is 5. The Bertz CT molecular complexity index is 3470. The Balaban J connectivity index is 0.971. The van der Waals surface area contributed by atoms with Crippen LogP contribution in [0, 0.1) is 10.8 Å². The summed E-state index contributed by atoms with van der Waals surface area (Å²) < 4.78 is 11.1. The van der Waals surface area contributed by atoms with Gasteiger partial charge in [-0.25, -0.2) is 9.59 Å². The molecule has 8 rings (SSSR count). The summed E-state index contributed by atoms with van der Waals surface area (Å²) in [7, 11) is 2.94. The van der Waals surface area contributed by atoms with Crippen molar-refractivity contribution in [3.63, 3.8) is 0 Å². The largest absolute Gasteiger partial charge is 0.444 e. The first kappa shape index (κ1) is 71.6. The van der Waals surface area contributed by atoms with Gasteiger partial charge in [-0.1, -0.05) is 120 Å². The average molecular weight is 1290 g/mol. The molecule has 508 valence electrons. The minimum Gasteiger partial charge on any atom is -0.444 e. The molecule has 0 bridgehead atoms. The second kappa shape index (κ2) is 29.1. The molecular formula is C74H101N9O11. The molecule has 2 aliphatic carbocycles. The molecule has 0 radical (unpaired) electrons. The van der Waals surface area contributed by atoms with Crippen molar-refractivity contribution in [3.05, 3.63) is 141 Å². The predicted molar refractivity (Wildman–Crippen MR) is 360 cm³/mol. The van der Waals surface area contributed by atoms with E-state index < -0.39 is 100 Å². The molecule has 4 aliphatic rings. The third kappa shape index (κ3) is 17.7. The minimum atomic E-state index is -1.12. The van der Waals surface area contributed by atoms with Gasteiger partial charge in [-0.2, -0.15) is 0 Å². The van der Waals surface area contributed by atoms with Crippen molar-refractivity contribution >= 4 is 53.5 Å². The highest BCUT2D eigenvalue weighted by Crippen LogP contribution is 2.35. The van der Waals surface area contributed by atoms with E-state index in [4.69, 9.17) is 9.47 Å². The second-order valence-corrected chi connectivity index (χ2v) is 30.4. The molecule has 4 aromatic carbocycles. The maximum atomic E-state index is 15.3. The van der Waals surface area contributed by atoms with Crippen LogP contribution in [0.3, 0.4) is 0 Å². The number of likely N-dealkylation sites (tertiary alicyclic amines) is 1. The standard InChI is InChI=1S/C74H101N9O11/c1-44(80(15)69(91)93-73(9,10)11)62(84)78-60(71(3,4)5)67(89)82-42-52-39-47(35-38-51(52)40-58(82)65(87)76-56-29-21-25-48-23-17-19-27-54(48)56)32-31-46-33-36-50(37-34-46)64(86)75-53-41-59(66(88)77-57-30-22-26-49-24-18-20-28-55(49)57)83(43-53)68(90)61(72(6,7)8)79-63(85)45(2)81(16)70(92)94-74(12,13)14/h17-20,23-24,27-28,33-39,44-45,53,56-61H,21-22,25-26,29-32,40-43H2,1-16H3,(H,75,86)(H,76,87)(H,77,88)(H,78,84)(H,79,85)/t44-,45-,53?,56?,57+,58-,59-,60+,61+/m0/s1. The number of nitrogens with zero attached hydrogens (tertiary/aromatic N) is 4. The van der Waals surface area contributed by atoms with Crippen LogP contribution < -0.4 is 26.6 Å². The lowest BCUT2D eigenvalue weighted by Crippen LogP contribution is -2.62. The van der Waals surface area contributed by atoms with E-state index in [2.05, 4.69) is 44.8 Å². The zero-order valence-corrected chi connectivity index (χ0v) is 58.1. The van der Waals surface area contributed by atoms with Crippen molar-refractivity contribution in [2.75, 3.05) is 20.6 Å². The summed E-state index contributed by atoms with van der Waals surface area (Å²) in [6.45, 7) is 24.7. The van der Waals surface area contributed by atoms with Crippen LogP contribution in [0.2, 0.25) is 0 Å². The van der Waals surface area contributed by atoms with Crippen molar-refractivity contribution < 1.29 is 52.6 Å². The number of benzene rings is 4. The smallest absolute Gasteiger partial charge is 0.410 e. The monoisotopic (exact) mass is 1290 g/mol. The molecule has 1 saturated heterocycles. The summed E-state index contributed by atoms with van der Waals surface area (Å²) in [5.74, 6) is -3.07. The molecular weight excluding hydrogens is 1190 g/mol. The number of hydrogen-bond acceptors (Lipinski definition) is 11. The number of amides is 9. The van der Waals surface area contributed by atoms with Gasteiger partial charge in [-0.05, 0) is 181 Å². The molecule has 20 heteroatoms. The first-order valence-electron chi connectivity index (χ1n) is 33.4. The minimum absolute atomic E-state index is 0.00391. The summed E-state index contributed by atoms with van der Waals surface area (Å²) in [5, 5.41) is 15.6. The number of likely N-dealkylation sites (N-methyl/N-ethyl adjacent to an activating group) is 2. The molecule has 4 aromatic rings. The maximum absolute atomic E-state index is 15.3. The first-order chi connectivity index (χ1) is 44.0. The Morgan fingerprint density at radius 2 is 0.979 bits per heavy atom. The van der Waals surface area contributed by atoms with Crippen LogP contribution in [0.25, 0.3) is 0 Å². The van der Waals surface area contributed by atoms with Crippen LogP contribution in [-0.4, -0.2) is 147 Å². The van der Waals surface area contributed by atoms with Gasteiger partial charge in [0.15, 0.2) is 0 Å². The third-order valence-electron chi connectivity index (χ3n) is 18.6. The van der Waals surface area contributed by atoms with Crippen LogP contribution in [0.4, 0.5) is 9.59 Å². The fraction of sp³-hybridized carbons (Fsp3) is 0.554. The lowest BCUT2D eigenvalue weighted by molar-refractivity contribution is -0.147. The number of carbonyl (C=O) groups is 9. The topological polar surface area (TPSA) is 245 Å². The van der Waals surface area contributed by atoms with E-state index in [0.717, 1.165) is 77.5 Å². The van der Waals surface area contributed by atoms with E-state index in [1.54, 1.807) is 72.4 Å². The Morgan fingerprint density at radius 3 is 1.46 bits per heavy atom. The summed E-state index contributed by atoms with van der Waals surface area (Å²) >= 11 is 0. The van der Waals surface area contributed by atoms with Crippen molar-refractivity contribution in [3.8, 4) is 0 Å². The van der Waals surface area contributed by atoms with E-state index >= 15 is 9.59 Å². The fourth-order valence-electron chi connectivity index (χ4n) is 12.9. The zero-order chi connectivity index (χ0) is 68.9. The van der Waals surface area contributed by atoms with Crippen molar-refractivity contribution in [2.45, 2.75) is 233 Å². The molecule has 9 amide bonds.